The van der Waals surface area contributed by atoms with E-state index < -0.39 is 10.0 Å². The molecule has 0 aliphatic heterocycles. The van der Waals surface area contributed by atoms with Gasteiger partial charge in [-0.1, -0.05) is 0 Å². The number of sulfonamides is 1. The highest BCUT2D eigenvalue weighted by Gasteiger charge is 2.23. The lowest BCUT2D eigenvalue weighted by Gasteiger charge is -2.14. The number of aryl methyl sites for hydroxylation is 1. The lowest BCUT2D eigenvalue weighted by molar-refractivity contribution is 0.468. The van der Waals surface area contributed by atoms with Crippen LogP contribution >= 0.6 is 11.3 Å². The van der Waals surface area contributed by atoms with Crippen LogP contribution in [0.5, 0.6) is 0 Å². The third-order valence-corrected chi connectivity index (χ3v) is 6.17. The van der Waals surface area contributed by atoms with E-state index in [0.29, 0.717) is 17.3 Å². The maximum absolute atomic E-state index is 12.4. The Labute approximate surface area is 123 Å². The molecule has 2 heterocycles. The Kier molecular flexibility index (Phi) is 4.59. The summed E-state index contributed by atoms with van der Waals surface area (Å²) < 4.78 is 28.3. The van der Waals surface area contributed by atoms with E-state index in [1.54, 1.807) is 31.0 Å². The minimum Gasteiger partial charge on any atom is -0.315 e. The second-order valence-corrected chi connectivity index (χ2v) is 7.97. The average molecular weight is 314 g/mol. The predicted molar refractivity (Wildman–Crippen MR) is 78.9 cm³/mol. The zero-order valence-corrected chi connectivity index (χ0v) is 13.3. The molecule has 0 unspecified atom stereocenters. The fourth-order valence-corrected chi connectivity index (χ4v) is 4.55. The van der Waals surface area contributed by atoms with Gasteiger partial charge in [-0.3, -0.25) is 4.68 Å². The van der Waals surface area contributed by atoms with Crippen molar-refractivity contribution in [3.63, 3.8) is 0 Å². The standard InChI is InChI=1S/C12H18N4O2S2/c1-13-7-11-4-5-12(19-11)20(17,18)16(3)9-10-6-14-15(2)8-10/h4-6,8,13H,7,9H2,1-3H3. The van der Waals surface area contributed by atoms with Gasteiger partial charge in [-0.25, -0.2) is 8.42 Å². The Morgan fingerprint density at radius 1 is 1.45 bits per heavy atom. The molecule has 1 N–H and O–H groups in total. The van der Waals surface area contributed by atoms with Gasteiger partial charge in [0.05, 0.1) is 6.20 Å². The average Bonchev–Trinajstić information content (AvgIpc) is 2.99. The molecule has 8 heteroatoms. The Hall–Kier alpha value is -1.22. The highest BCUT2D eigenvalue weighted by atomic mass is 32.2. The van der Waals surface area contributed by atoms with Crippen molar-refractivity contribution >= 4 is 21.4 Å². The normalized spacial score (nSPS) is 12.2. The number of thiophene rings is 1. The van der Waals surface area contributed by atoms with Gasteiger partial charge in [0.15, 0.2) is 0 Å². The van der Waals surface area contributed by atoms with E-state index in [9.17, 15) is 8.42 Å². The van der Waals surface area contributed by atoms with Crippen molar-refractivity contribution < 1.29 is 8.42 Å². The number of aromatic nitrogens is 2. The fourth-order valence-electron chi connectivity index (χ4n) is 1.82. The molecule has 0 aliphatic carbocycles. The molecule has 110 valence electrons. The van der Waals surface area contributed by atoms with E-state index in [4.69, 9.17) is 0 Å². The number of nitrogens with one attached hydrogen (secondary N) is 1. The van der Waals surface area contributed by atoms with Crippen molar-refractivity contribution in [3.05, 3.63) is 35.0 Å². The number of hydrogen-bond acceptors (Lipinski definition) is 5. The van der Waals surface area contributed by atoms with Crippen molar-refractivity contribution in [1.82, 2.24) is 19.4 Å². The lowest BCUT2D eigenvalue weighted by Crippen LogP contribution is -2.25. The highest BCUT2D eigenvalue weighted by molar-refractivity contribution is 7.91. The first-order chi connectivity index (χ1) is 9.43. The molecule has 0 aromatic carbocycles. The molecule has 0 fully saturated rings. The van der Waals surface area contributed by atoms with Gasteiger partial charge in [-0.2, -0.15) is 9.40 Å². The van der Waals surface area contributed by atoms with Crippen LogP contribution in [0.1, 0.15) is 10.4 Å². The Morgan fingerprint density at radius 2 is 2.20 bits per heavy atom. The molecule has 2 aromatic heterocycles. The zero-order chi connectivity index (χ0) is 14.8. The summed E-state index contributed by atoms with van der Waals surface area (Å²) in [5, 5.41) is 7.05. The molecule has 2 aromatic rings. The van der Waals surface area contributed by atoms with Crippen LogP contribution in [-0.2, 0) is 30.2 Å². The van der Waals surface area contributed by atoms with E-state index in [0.717, 1.165) is 10.4 Å². The van der Waals surface area contributed by atoms with Crippen LogP contribution in [0, 0.1) is 0 Å². The van der Waals surface area contributed by atoms with Gasteiger partial charge in [0.25, 0.3) is 10.0 Å². The van der Waals surface area contributed by atoms with Crippen LogP contribution in [0.3, 0.4) is 0 Å². The first-order valence-corrected chi connectivity index (χ1v) is 8.36. The second-order valence-electron chi connectivity index (χ2n) is 4.53. The number of nitrogens with zero attached hydrogens (tertiary/aromatic N) is 3. The maximum Gasteiger partial charge on any atom is 0.252 e. The summed E-state index contributed by atoms with van der Waals surface area (Å²) in [5.74, 6) is 0. The summed E-state index contributed by atoms with van der Waals surface area (Å²) in [6.07, 6.45) is 3.49. The molecule has 0 radical (unpaired) electrons. The molecular formula is C12H18N4O2S2. The maximum atomic E-state index is 12.4. The molecule has 20 heavy (non-hydrogen) atoms. The summed E-state index contributed by atoms with van der Waals surface area (Å²) >= 11 is 1.30. The quantitative estimate of drug-likeness (QED) is 0.864. The summed E-state index contributed by atoms with van der Waals surface area (Å²) in [4.78, 5) is 1.00. The second kappa shape index (κ2) is 6.04. The Bertz CT molecular complexity index is 675. The van der Waals surface area contributed by atoms with E-state index in [2.05, 4.69) is 10.4 Å². The molecular weight excluding hydrogens is 296 g/mol. The van der Waals surface area contributed by atoms with Crippen LogP contribution < -0.4 is 5.32 Å². The number of hydrogen-bond donors (Lipinski definition) is 1. The predicted octanol–water partition coefficient (Wildman–Crippen LogP) is 1.02. The van der Waals surface area contributed by atoms with Crippen molar-refractivity contribution in [2.75, 3.05) is 14.1 Å². The summed E-state index contributed by atoms with van der Waals surface area (Å²) in [6.45, 7) is 0.988. The smallest absolute Gasteiger partial charge is 0.252 e. The van der Waals surface area contributed by atoms with Crippen molar-refractivity contribution in [1.29, 1.82) is 0 Å². The minimum absolute atomic E-state index is 0.315. The van der Waals surface area contributed by atoms with Gasteiger partial charge in [0.2, 0.25) is 0 Å². The van der Waals surface area contributed by atoms with Crippen LogP contribution in [0.4, 0.5) is 0 Å². The zero-order valence-electron chi connectivity index (χ0n) is 11.7. The molecule has 0 spiro atoms. The van der Waals surface area contributed by atoms with Crippen molar-refractivity contribution in [2.24, 2.45) is 7.05 Å². The third-order valence-electron chi connectivity index (χ3n) is 2.82. The van der Waals surface area contributed by atoms with E-state index in [1.165, 1.54) is 15.6 Å². The molecule has 2 rings (SSSR count). The summed E-state index contributed by atoms with van der Waals surface area (Å²) in [5.41, 5.74) is 0.866. The molecule has 0 atom stereocenters. The van der Waals surface area contributed by atoms with Gasteiger partial charge in [-0.05, 0) is 19.2 Å². The molecule has 0 bridgehead atoms. The van der Waals surface area contributed by atoms with Crippen LogP contribution in [-0.4, -0.2) is 36.6 Å². The monoisotopic (exact) mass is 314 g/mol. The molecule has 0 amide bonds. The van der Waals surface area contributed by atoms with E-state index in [1.807, 2.05) is 19.3 Å². The molecule has 0 aliphatic rings. The molecule has 0 saturated carbocycles. The number of rotatable bonds is 6. The van der Waals surface area contributed by atoms with Crippen molar-refractivity contribution in [2.45, 2.75) is 17.3 Å². The van der Waals surface area contributed by atoms with E-state index >= 15 is 0 Å². The summed E-state index contributed by atoms with van der Waals surface area (Å²) in [7, 11) is 1.79. The van der Waals surface area contributed by atoms with E-state index in [-0.39, 0.29) is 0 Å². The molecule has 0 saturated heterocycles. The van der Waals surface area contributed by atoms with Gasteiger partial charge >= 0.3 is 0 Å². The Morgan fingerprint density at radius 3 is 2.80 bits per heavy atom. The van der Waals surface area contributed by atoms with Crippen LogP contribution in [0.2, 0.25) is 0 Å². The fraction of sp³-hybridized carbons (Fsp3) is 0.417. The largest absolute Gasteiger partial charge is 0.315 e. The Balaban J connectivity index is 2.15. The summed E-state index contributed by atoms with van der Waals surface area (Å²) in [6, 6.07) is 3.50. The lowest BCUT2D eigenvalue weighted by atomic mass is 10.4. The first kappa shape index (κ1) is 15.2. The van der Waals surface area contributed by atoms with Gasteiger partial charge < -0.3 is 5.32 Å². The van der Waals surface area contributed by atoms with Gasteiger partial charge in [0.1, 0.15) is 4.21 Å². The topological polar surface area (TPSA) is 67.2 Å². The highest BCUT2D eigenvalue weighted by Crippen LogP contribution is 2.25. The molecule has 6 nitrogen and oxygen atoms in total. The SMILES string of the molecule is CNCc1ccc(S(=O)(=O)N(C)Cc2cnn(C)c2)s1. The van der Waals surface area contributed by atoms with Gasteiger partial charge in [-0.15, -0.1) is 11.3 Å². The third kappa shape index (κ3) is 3.26. The van der Waals surface area contributed by atoms with Gasteiger partial charge in [0, 0.05) is 43.8 Å². The van der Waals surface area contributed by atoms with Crippen LogP contribution in [0.25, 0.3) is 0 Å². The minimum atomic E-state index is -3.44. The van der Waals surface area contributed by atoms with Crippen molar-refractivity contribution in [3.8, 4) is 0 Å². The van der Waals surface area contributed by atoms with Crippen LogP contribution in [0.15, 0.2) is 28.7 Å². The first-order valence-electron chi connectivity index (χ1n) is 6.10.